The van der Waals surface area contributed by atoms with Gasteiger partial charge in [-0.25, -0.2) is 0 Å². The van der Waals surface area contributed by atoms with Crippen molar-refractivity contribution in [1.29, 1.82) is 0 Å². The minimum Gasteiger partial charge on any atom is -0.399 e. The van der Waals surface area contributed by atoms with Gasteiger partial charge < -0.3 is 16.0 Å². The van der Waals surface area contributed by atoms with Gasteiger partial charge in [0.05, 0.1) is 5.56 Å². The third kappa shape index (κ3) is 3.55. The molecule has 1 heterocycles. The lowest BCUT2D eigenvalue weighted by Crippen LogP contribution is -2.38. The first-order chi connectivity index (χ1) is 12.7. The van der Waals surface area contributed by atoms with Crippen molar-refractivity contribution in [3.05, 3.63) is 59.2 Å². The van der Waals surface area contributed by atoms with E-state index in [-0.39, 0.29) is 5.91 Å². The third-order valence-corrected chi connectivity index (χ3v) is 5.68. The Morgan fingerprint density at radius 1 is 1.04 bits per heavy atom. The minimum atomic E-state index is 0.0121. The molecule has 0 aromatic heterocycles. The highest BCUT2D eigenvalue weighted by Gasteiger charge is 2.23. The first-order valence-electron chi connectivity index (χ1n) is 9.73. The summed E-state index contributed by atoms with van der Waals surface area (Å²) in [5.41, 5.74) is 11.1. The SMILES string of the molecule is Nc1ccc(N2CCc3ccccc3C2)c(C(=O)NC2CCCCC2)c1. The second-order valence-electron chi connectivity index (χ2n) is 7.53. The van der Waals surface area contributed by atoms with E-state index in [0.717, 1.165) is 38.0 Å². The maximum absolute atomic E-state index is 13.0. The number of anilines is 2. The van der Waals surface area contributed by atoms with Gasteiger partial charge >= 0.3 is 0 Å². The molecule has 1 aliphatic carbocycles. The summed E-state index contributed by atoms with van der Waals surface area (Å²) in [6.07, 6.45) is 6.86. The van der Waals surface area contributed by atoms with Crippen LogP contribution in [0.4, 0.5) is 11.4 Å². The van der Waals surface area contributed by atoms with Gasteiger partial charge in [0, 0.05) is 30.5 Å². The topological polar surface area (TPSA) is 58.4 Å². The standard InChI is InChI=1S/C22H27N3O/c23-18-10-11-21(25-13-12-16-6-4-5-7-17(16)15-25)20(14-18)22(26)24-19-8-2-1-3-9-19/h4-7,10-11,14,19H,1-3,8-9,12-13,15,23H2,(H,24,26). The first-order valence-corrected chi connectivity index (χ1v) is 9.73. The molecular formula is C22H27N3O. The van der Waals surface area contributed by atoms with Crippen LogP contribution in [-0.2, 0) is 13.0 Å². The van der Waals surface area contributed by atoms with Crippen LogP contribution in [0.2, 0.25) is 0 Å². The molecule has 0 spiro atoms. The Balaban J connectivity index is 1.58. The van der Waals surface area contributed by atoms with Crippen LogP contribution in [0.3, 0.4) is 0 Å². The van der Waals surface area contributed by atoms with Crippen molar-refractivity contribution < 1.29 is 4.79 Å². The molecule has 0 atom stereocenters. The van der Waals surface area contributed by atoms with Crippen LogP contribution in [0.15, 0.2) is 42.5 Å². The van der Waals surface area contributed by atoms with Gasteiger partial charge in [-0.2, -0.15) is 0 Å². The lowest BCUT2D eigenvalue weighted by molar-refractivity contribution is 0.0928. The summed E-state index contributed by atoms with van der Waals surface area (Å²) in [5.74, 6) is 0.0121. The summed E-state index contributed by atoms with van der Waals surface area (Å²) in [6.45, 7) is 1.76. The van der Waals surface area contributed by atoms with Gasteiger partial charge in [-0.15, -0.1) is 0 Å². The monoisotopic (exact) mass is 349 g/mol. The summed E-state index contributed by atoms with van der Waals surface area (Å²) in [5, 5.41) is 3.24. The highest BCUT2D eigenvalue weighted by molar-refractivity contribution is 6.01. The molecule has 26 heavy (non-hydrogen) atoms. The van der Waals surface area contributed by atoms with Crippen LogP contribution in [0.1, 0.15) is 53.6 Å². The number of fused-ring (bicyclic) bond motifs is 1. The summed E-state index contributed by atoms with van der Waals surface area (Å²) >= 11 is 0. The molecule has 1 saturated carbocycles. The molecule has 0 unspecified atom stereocenters. The predicted molar refractivity (Wildman–Crippen MR) is 106 cm³/mol. The van der Waals surface area contributed by atoms with Crippen LogP contribution in [0.25, 0.3) is 0 Å². The Kier molecular flexibility index (Phi) is 4.83. The van der Waals surface area contributed by atoms with Crippen molar-refractivity contribution in [2.24, 2.45) is 0 Å². The number of nitrogens with one attached hydrogen (secondary N) is 1. The summed E-state index contributed by atoms with van der Waals surface area (Å²) in [6, 6.07) is 14.6. The van der Waals surface area contributed by atoms with E-state index in [1.807, 2.05) is 18.2 Å². The number of nitrogens with two attached hydrogens (primary N) is 1. The molecule has 1 amide bonds. The van der Waals surface area contributed by atoms with Crippen LogP contribution >= 0.6 is 0 Å². The number of benzene rings is 2. The minimum absolute atomic E-state index is 0.0121. The van der Waals surface area contributed by atoms with Crippen molar-refractivity contribution in [3.63, 3.8) is 0 Å². The average molecular weight is 349 g/mol. The molecule has 3 N–H and O–H groups in total. The van der Waals surface area contributed by atoms with E-state index in [4.69, 9.17) is 5.73 Å². The molecule has 2 aromatic rings. The number of nitrogens with zero attached hydrogens (tertiary/aromatic N) is 1. The van der Waals surface area contributed by atoms with Gasteiger partial charge in [-0.05, 0) is 48.6 Å². The lowest BCUT2D eigenvalue weighted by Gasteiger charge is -2.32. The van der Waals surface area contributed by atoms with Crippen molar-refractivity contribution in [2.75, 3.05) is 17.2 Å². The van der Waals surface area contributed by atoms with Crippen molar-refractivity contribution in [3.8, 4) is 0 Å². The van der Waals surface area contributed by atoms with Gasteiger partial charge in [-0.3, -0.25) is 4.79 Å². The van der Waals surface area contributed by atoms with Crippen molar-refractivity contribution in [1.82, 2.24) is 5.32 Å². The summed E-state index contributed by atoms with van der Waals surface area (Å²) < 4.78 is 0. The van der Waals surface area contributed by atoms with Crippen LogP contribution < -0.4 is 16.0 Å². The molecule has 1 fully saturated rings. The molecular weight excluding hydrogens is 322 g/mol. The Labute approximate surface area is 155 Å². The Hall–Kier alpha value is -2.49. The molecule has 4 heteroatoms. The van der Waals surface area contributed by atoms with Gasteiger partial charge in [0.15, 0.2) is 0 Å². The highest BCUT2D eigenvalue weighted by Crippen LogP contribution is 2.29. The van der Waals surface area contributed by atoms with Crippen molar-refractivity contribution >= 4 is 17.3 Å². The number of carbonyl (C=O) groups excluding carboxylic acids is 1. The predicted octanol–water partition coefficient (Wildman–Crippen LogP) is 3.89. The second kappa shape index (κ2) is 7.40. The molecule has 0 saturated heterocycles. The number of amides is 1. The van der Waals surface area contributed by atoms with Crippen LogP contribution in [0, 0.1) is 0 Å². The maximum atomic E-state index is 13.0. The molecule has 136 valence electrons. The number of rotatable bonds is 3. The summed E-state index contributed by atoms with van der Waals surface area (Å²) in [4.78, 5) is 15.3. The zero-order valence-corrected chi connectivity index (χ0v) is 15.2. The fourth-order valence-electron chi connectivity index (χ4n) is 4.22. The summed E-state index contributed by atoms with van der Waals surface area (Å²) in [7, 11) is 0. The fraction of sp³-hybridized carbons (Fsp3) is 0.409. The van der Waals surface area contributed by atoms with E-state index in [2.05, 4.69) is 34.5 Å². The Morgan fingerprint density at radius 2 is 1.81 bits per heavy atom. The second-order valence-corrected chi connectivity index (χ2v) is 7.53. The van der Waals surface area contributed by atoms with E-state index >= 15 is 0 Å². The first kappa shape index (κ1) is 17.0. The Bertz CT molecular complexity index is 796. The number of hydrogen-bond acceptors (Lipinski definition) is 3. The fourth-order valence-corrected chi connectivity index (χ4v) is 4.22. The maximum Gasteiger partial charge on any atom is 0.253 e. The van der Waals surface area contributed by atoms with Gasteiger partial charge in [-0.1, -0.05) is 43.5 Å². The smallest absolute Gasteiger partial charge is 0.253 e. The van der Waals surface area contributed by atoms with E-state index in [1.165, 1.54) is 30.4 Å². The lowest BCUT2D eigenvalue weighted by atomic mass is 9.95. The molecule has 1 aliphatic heterocycles. The van der Waals surface area contributed by atoms with Gasteiger partial charge in [0.2, 0.25) is 0 Å². The number of hydrogen-bond donors (Lipinski definition) is 2. The van der Waals surface area contributed by atoms with Crippen LogP contribution in [0.5, 0.6) is 0 Å². The molecule has 2 aliphatic rings. The van der Waals surface area contributed by atoms with Crippen LogP contribution in [-0.4, -0.2) is 18.5 Å². The molecule has 4 nitrogen and oxygen atoms in total. The average Bonchev–Trinajstić information content (AvgIpc) is 2.68. The largest absolute Gasteiger partial charge is 0.399 e. The zero-order chi connectivity index (χ0) is 17.9. The van der Waals surface area contributed by atoms with E-state index < -0.39 is 0 Å². The van der Waals surface area contributed by atoms with E-state index in [1.54, 1.807) is 0 Å². The normalized spacial score (nSPS) is 17.6. The third-order valence-electron chi connectivity index (χ3n) is 5.68. The van der Waals surface area contributed by atoms with E-state index in [9.17, 15) is 4.79 Å². The number of carbonyl (C=O) groups is 1. The van der Waals surface area contributed by atoms with Gasteiger partial charge in [0.25, 0.3) is 5.91 Å². The quantitative estimate of drug-likeness (QED) is 0.827. The van der Waals surface area contributed by atoms with Gasteiger partial charge in [0.1, 0.15) is 0 Å². The van der Waals surface area contributed by atoms with Crippen molar-refractivity contribution in [2.45, 2.75) is 51.1 Å². The highest BCUT2D eigenvalue weighted by atomic mass is 16.1. The molecule has 4 rings (SSSR count). The molecule has 2 aromatic carbocycles. The zero-order valence-electron chi connectivity index (χ0n) is 15.2. The molecule has 0 bridgehead atoms. The molecule has 0 radical (unpaired) electrons. The Morgan fingerprint density at radius 3 is 2.62 bits per heavy atom. The van der Waals surface area contributed by atoms with E-state index in [0.29, 0.717) is 17.3 Å². The number of nitrogen functional groups attached to an aromatic ring is 1.